The molecule has 0 radical (unpaired) electrons. The van der Waals surface area contributed by atoms with E-state index in [1.54, 1.807) is 24.5 Å². The summed E-state index contributed by atoms with van der Waals surface area (Å²) in [6.45, 7) is 4.48. The predicted molar refractivity (Wildman–Crippen MR) is 95.2 cm³/mol. The van der Waals surface area contributed by atoms with Gasteiger partial charge in [0, 0.05) is 6.54 Å². The molecule has 1 heterocycles. The number of benzene rings is 2. The van der Waals surface area contributed by atoms with E-state index in [0.717, 1.165) is 23.0 Å². The number of carbonyl (C=O) groups is 1. The topological polar surface area (TPSA) is 67.9 Å². The Morgan fingerprint density at radius 2 is 2.04 bits per heavy atom. The van der Waals surface area contributed by atoms with Crippen LogP contribution in [0.3, 0.4) is 0 Å². The van der Waals surface area contributed by atoms with Crippen LogP contribution in [0.15, 0.2) is 48.8 Å². The van der Waals surface area contributed by atoms with Crippen molar-refractivity contribution in [2.75, 3.05) is 0 Å². The summed E-state index contributed by atoms with van der Waals surface area (Å²) in [5.41, 5.74) is 3.92. The Labute approximate surface area is 146 Å². The molecule has 3 rings (SSSR count). The summed E-state index contributed by atoms with van der Waals surface area (Å²) >= 11 is 0. The van der Waals surface area contributed by atoms with E-state index in [-0.39, 0.29) is 12.1 Å². The van der Waals surface area contributed by atoms with Gasteiger partial charge in [-0.3, -0.25) is 0 Å². The molecular weight excluding hydrogens is 314 g/mol. The number of ether oxygens (including phenoxy) is 1. The van der Waals surface area contributed by atoms with Crippen molar-refractivity contribution in [1.29, 1.82) is 5.26 Å². The molecule has 2 aromatic carbocycles. The van der Waals surface area contributed by atoms with Crippen LogP contribution in [-0.4, -0.2) is 21.6 Å². The monoisotopic (exact) mass is 333 g/mol. The molecule has 0 aliphatic carbocycles. The molecular formula is C20H19N3O2. The van der Waals surface area contributed by atoms with Crippen molar-refractivity contribution in [1.82, 2.24) is 9.55 Å². The largest absolute Gasteiger partial charge is 0.459 e. The summed E-state index contributed by atoms with van der Waals surface area (Å²) in [6, 6.07) is 14.9. The van der Waals surface area contributed by atoms with Gasteiger partial charge in [-0.2, -0.15) is 5.26 Å². The Bertz CT molecular complexity index is 936. The minimum atomic E-state index is -0.317. The molecule has 0 amide bonds. The highest BCUT2D eigenvalue weighted by molar-refractivity contribution is 5.93. The molecule has 1 aromatic heterocycles. The molecule has 0 saturated carbocycles. The molecule has 126 valence electrons. The van der Waals surface area contributed by atoms with Gasteiger partial charge in [0.25, 0.3) is 0 Å². The zero-order valence-corrected chi connectivity index (χ0v) is 14.3. The lowest BCUT2D eigenvalue weighted by Crippen LogP contribution is -2.14. The lowest BCUT2D eigenvalue weighted by Gasteiger charge is -2.11. The second-order valence-corrected chi connectivity index (χ2v) is 6.01. The van der Waals surface area contributed by atoms with Crippen LogP contribution in [0.1, 0.15) is 41.8 Å². The number of aromatic nitrogens is 2. The van der Waals surface area contributed by atoms with Crippen LogP contribution in [0.5, 0.6) is 0 Å². The van der Waals surface area contributed by atoms with Crippen LogP contribution in [0, 0.1) is 11.3 Å². The van der Waals surface area contributed by atoms with E-state index in [4.69, 9.17) is 10.00 Å². The van der Waals surface area contributed by atoms with E-state index < -0.39 is 0 Å². The third kappa shape index (κ3) is 3.69. The number of hydrogen-bond acceptors (Lipinski definition) is 4. The van der Waals surface area contributed by atoms with Crippen LogP contribution in [0.25, 0.3) is 11.0 Å². The van der Waals surface area contributed by atoms with Gasteiger partial charge in [-0.1, -0.05) is 19.1 Å². The minimum Gasteiger partial charge on any atom is -0.459 e. The van der Waals surface area contributed by atoms with E-state index in [9.17, 15) is 4.79 Å². The van der Waals surface area contributed by atoms with Crippen LogP contribution in [-0.2, 0) is 11.3 Å². The Balaban J connectivity index is 1.87. The smallest absolute Gasteiger partial charge is 0.338 e. The summed E-state index contributed by atoms with van der Waals surface area (Å²) in [5.74, 6) is -0.317. The van der Waals surface area contributed by atoms with Crippen molar-refractivity contribution < 1.29 is 9.53 Å². The van der Waals surface area contributed by atoms with Crippen LogP contribution >= 0.6 is 0 Å². The lowest BCUT2D eigenvalue weighted by molar-refractivity contribution is 0.0334. The first-order valence-electron chi connectivity index (χ1n) is 8.25. The van der Waals surface area contributed by atoms with Gasteiger partial charge in [0.05, 0.1) is 40.7 Å². The third-order valence-electron chi connectivity index (χ3n) is 4.18. The van der Waals surface area contributed by atoms with E-state index in [1.807, 2.05) is 42.7 Å². The molecule has 0 aliphatic rings. The molecule has 0 saturated heterocycles. The fourth-order valence-corrected chi connectivity index (χ4v) is 2.53. The highest BCUT2D eigenvalue weighted by Gasteiger charge is 2.13. The predicted octanol–water partition coefficient (Wildman–Crippen LogP) is 3.91. The molecule has 5 heteroatoms. The number of nitriles is 1. The quantitative estimate of drug-likeness (QED) is 0.664. The van der Waals surface area contributed by atoms with E-state index in [2.05, 4.69) is 11.1 Å². The standard InChI is InChI=1S/C20H19N3O2/c1-3-14(2)25-20(24)17-8-9-18-19(10-17)23(13-22-18)12-16-6-4-15(11-21)5-7-16/h4-10,13-14H,3,12H2,1-2H3. The lowest BCUT2D eigenvalue weighted by atomic mass is 10.1. The highest BCUT2D eigenvalue weighted by atomic mass is 16.5. The SMILES string of the molecule is CCC(C)OC(=O)c1ccc2ncn(Cc3ccc(C#N)cc3)c2c1. The maximum Gasteiger partial charge on any atom is 0.338 e. The first-order chi connectivity index (χ1) is 12.1. The fourth-order valence-electron chi connectivity index (χ4n) is 2.53. The summed E-state index contributed by atoms with van der Waals surface area (Å²) in [6.07, 6.45) is 2.43. The zero-order valence-electron chi connectivity index (χ0n) is 14.3. The maximum atomic E-state index is 12.2. The molecule has 0 aliphatic heterocycles. The molecule has 1 atom stereocenters. The average Bonchev–Trinajstić information content (AvgIpc) is 3.04. The van der Waals surface area contributed by atoms with Crippen molar-refractivity contribution in [3.63, 3.8) is 0 Å². The van der Waals surface area contributed by atoms with Gasteiger partial charge in [-0.15, -0.1) is 0 Å². The van der Waals surface area contributed by atoms with Crippen LogP contribution in [0.4, 0.5) is 0 Å². The Hall–Kier alpha value is -3.13. The molecule has 0 fully saturated rings. The number of nitrogens with zero attached hydrogens (tertiary/aromatic N) is 3. The number of carbonyl (C=O) groups excluding carboxylic acids is 1. The first kappa shape index (κ1) is 16.7. The Morgan fingerprint density at radius 3 is 2.72 bits per heavy atom. The summed E-state index contributed by atoms with van der Waals surface area (Å²) in [5, 5.41) is 8.88. The molecule has 1 unspecified atom stereocenters. The van der Waals surface area contributed by atoms with Crippen molar-refractivity contribution in [3.8, 4) is 6.07 Å². The van der Waals surface area contributed by atoms with Gasteiger partial charge in [-0.25, -0.2) is 9.78 Å². The fraction of sp³-hybridized carbons (Fsp3) is 0.250. The summed E-state index contributed by atoms with van der Waals surface area (Å²) in [7, 11) is 0. The zero-order chi connectivity index (χ0) is 17.8. The van der Waals surface area contributed by atoms with Gasteiger partial charge in [0.15, 0.2) is 0 Å². The first-order valence-corrected chi connectivity index (χ1v) is 8.25. The summed E-state index contributed by atoms with van der Waals surface area (Å²) in [4.78, 5) is 16.6. The average molecular weight is 333 g/mol. The highest BCUT2D eigenvalue weighted by Crippen LogP contribution is 2.18. The van der Waals surface area contributed by atoms with Gasteiger partial charge in [-0.05, 0) is 49.2 Å². The Morgan fingerprint density at radius 1 is 1.28 bits per heavy atom. The number of imidazole rings is 1. The Kier molecular flexibility index (Phi) is 4.80. The molecule has 5 nitrogen and oxygen atoms in total. The van der Waals surface area contributed by atoms with E-state index >= 15 is 0 Å². The van der Waals surface area contributed by atoms with Crippen LogP contribution in [0.2, 0.25) is 0 Å². The minimum absolute atomic E-state index is 0.105. The number of hydrogen-bond donors (Lipinski definition) is 0. The third-order valence-corrected chi connectivity index (χ3v) is 4.18. The van der Waals surface area contributed by atoms with E-state index in [1.165, 1.54) is 0 Å². The van der Waals surface area contributed by atoms with E-state index in [0.29, 0.717) is 17.7 Å². The van der Waals surface area contributed by atoms with Crippen molar-refractivity contribution in [2.24, 2.45) is 0 Å². The van der Waals surface area contributed by atoms with Crippen molar-refractivity contribution >= 4 is 17.0 Å². The second-order valence-electron chi connectivity index (χ2n) is 6.01. The van der Waals surface area contributed by atoms with Crippen LogP contribution < -0.4 is 0 Å². The molecule has 3 aromatic rings. The van der Waals surface area contributed by atoms with Crippen molar-refractivity contribution in [3.05, 3.63) is 65.5 Å². The van der Waals surface area contributed by atoms with Gasteiger partial charge in [0.2, 0.25) is 0 Å². The number of esters is 1. The second kappa shape index (κ2) is 7.18. The molecule has 0 spiro atoms. The number of fused-ring (bicyclic) bond motifs is 1. The van der Waals surface area contributed by atoms with Gasteiger partial charge in [0.1, 0.15) is 0 Å². The molecule has 25 heavy (non-hydrogen) atoms. The normalized spacial score (nSPS) is 11.9. The maximum absolute atomic E-state index is 12.2. The molecule has 0 bridgehead atoms. The summed E-state index contributed by atoms with van der Waals surface area (Å²) < 4.78 is 7.38. The molecule has 0 N–H and O–H groups in total. The van der Waals surface area contributed by atoms with Gasteiger partial charge < -0.3 is 9.30 Å². The van der Waals surface area contributed by atoms with Gasteiger partial charge >= 0.3 is 5.97 Å². The van der Waals surface area contributed by atoms with Crippen molar-refractivity contribution in [2.45, 2.75) is 32.9 Å². The number of rotatable bonds is 5.